The molecule has 2 rings (SSSR count). The van der Waals surface area contributed by atoms with Crippen molar-refractivity contribution in [1.29, 1.82) is 0 Å². The van der Waals surface area contributed by atoms with Crippen LogP contribution in [0.2, 0.25) is 0 Å². The minimum atomic E-state index is -0.0573. The van der Waals surface area contributed by atoms with Gasteiger partial charge in [0.15, 0.2) is 5.78 Å². The molecule has 0 fully saturated rings. The molecule has 0 saturated carbocycles. The van der Waals surface area contributed by atoms with Crippen molar-refractivity contribution in [2.45, 2.75) is 19.8 Å². The maximum Gasteiger partial charge on any atom is 0.171 e. The number of anilines is 1. The summed E-state index contributed by atoms with van der Waals surface area (Å²) in [6, 6.07) is 9.08. The minimum absolute atomic E-state index is 0.0573. The molecule has 0 aliphatic rings. The van der Waals surface area contributed by atoms with Crippen LogP contribution in [0.25, 0.3) is 0 Å². The van der Waals surface area contributed by atoms with Crippen molar-refractivity contribution in [3.8, 4) is 5.75 Å². The molecule has 1 aromatic heterocycles. The summed E-state index contributed by atoms with van der Waals surface area (Å²) >= 11 is 0. The summed E-state index contributed by atoms with van der Waals surface area (Å²) < 4.78 is 5.12. The molecule has 0 aliphatic carbocycles. The first-order valence-electron chi connectivity index (χ1n) is 6.55. The van der Waals surface area contributed by atoms with Crippen LogP contribution in [0.1, 0.15) is 28.5 Å². The molecule has 1 heterocycles. The molecule has 20 heavy (non-hydrogen) atoms. The van der Waals surface area contributed by atoms with Crippen LogP contribution in [0.4, 0.5) is 5.69 Å². The Morgan fingerprint density at radius 2 is 2.10 bits per heavy atom. The van der Waals surface area contributed by atoms with Gasteiger partial charge < -0.3 is 10.5 Å². The molecular weight excluding hydrogens is 252 g/mol. The summed E-state index contributed by atoms with van der Waals surface area (Å²) in [5.74, 6) is 0.461. The van der Waals surface area contributed by atoms with Crippen molar-refractivity contribution < 1.29 is 9.53 Å². The highest BCUT2D eigenvalue weighted by Crippen LogP contribution is 2.25. The number of rotatable bonds is 5. The Morgan fingerprint density at radius 1 is 1.30 bits per heavy atom. The molecule has 0 atom stereocenters. The summed E-state index contributed by atoms with van der Waals surface area (Å²) in [4.78, 5) is 16.6. The van der Waals surface area contributed by atoms with Crippen LogP contribution in [-0.2, 0) is 12.8 Å². The third-order valence-electron chi connectivity index (χ3n) is 3.22. The summed E-state index contributed by atoms with van der Waals surface area (Å²) in [5, 5.41) is 0. The van der Waals surface area contributed by atoms with Crippen molar-refractivity contribution in [3.63, 3.8) is 0 Å². The highest BCUT2D eigenvalue weighted by molar-refractivity contribution is 6.02. The first kappa shape index (κ1) is 14.1. The van der Waals surface area contributed by atoms with E-state index in [4.69, 9.17) is 10.5 Å². The van der Waals surface area contributed by atoms with Crippen molar-refractivity contribution in [2.75, 3.05) is 12.8 Å². The number of para-hydroxylation sites is 1. The lowest BCUT2D eigenvalue weighted by Gasteiger charge is -2.09. The van der Waals surface area contributed by atoms with Gasteiger partial charge in [0.05, 0.1) is 19.2 Å². The van der Waals surface area contributed by atoms with E-state index >= 15 is 0 Å². The molecule has 2 N–H and O–H groups in total. The lowest BCUT2D eigenvalue weighted by Crippen LogP contribution is -2.09. The molecule has 104 valence electrons. The zero-order chi connectivity index (χ0) is 14.5. The molecular formula is C16H18N2O2. The number of Topliss-reactive ketones (excluding diaryl/α,β-unsaturated/α-hetero) is 1. The number of aromatic nitrogens is 1. The van der Waals surface area contributed by atoms with Gasteiger partial charge in [0.25, 0.3) is 0 Å². The van der Waals surface area contributed by atoms with Gasteiger partial charge in [0.1, 0.15) is 5.75 Å². The second-order valence-corrected chi connectivity index (χ2v) is 4.53. The summed E-state index contributed by atoms with van der Waals surface area (Å²) in [7, 11) is 1.53. The first-order valence-corrected chi connectivity index (χ1v) is 6.55. The largest absolute Gasteiger partial charge is 0.495 e. The quantitative estimate of drug-likeness (QED) is 0.670. The average molecular weight is 270 g/mol. The van der Waals surface area contributed by atoms with Crippen LogP contribution in [0.15, 0.2) is 36.5 Å². The molecule has 4 heteroatoms. The summed E-state index contributed by atoms with van der Waals surface area (Å²) in [6.45, 7) is 2.07. The van der Waals surface area contributed by atoms with Gasteiger partial charge in [0, 0.05) is 17.5 Å². The fraction of sp³-hybridized carbons (Fsp3) is 0.250. The number of nitrogens with two attached hydrogens (primary N) is 1. The van der Waals surface area contributed by atoms with E-state index in [0.29, 0.717) is 17.0 Å². The van der Waals surface area contributed by atoms with Crippen LogP contribution in [0, 0.1) is 0 Å². The van der Waals surface area contributed by atoms with Gasteiger partial charge in [-0.25, -0.2) is 0 Å². The van der Waals surface area contributed by atoms with Crippen molar-refractivity contribution >= 4 is 11.5 Å². The number of hydrogen-bond acceptors (Lipinski definition) is 4. The van der Waals surface area contributed by atoms with E-state index in [9.17, 15) is 4.79 Å². The predicted molar refractivity (Wildman–Crippen MR) is 79.1 cm³/mol. The van der Waals surface area contributed by atoms with Crippen molar-refractivity contribution in [2.24, 2.45) is 0 Å². The smallest absolute Gasteiger partial charge is 0.171 e. The van der Waals surface area contributed by atoms with Crippen LogP contribution in [0.3, 0.4) is 0 Å². The normalized spacial score (nSPS) is 10.3. The van der Waals surface area contributed by atoms with Gasteiger partial charge in [-0.3, -0.25) is 9.78 Å². The van der Waals surface area contributed by atoms with E-state index < -0.39 is 0 Å². The number of ether oxygens (including phenoxy) is 1. The number of nitrogen functional groups attached to an aromatic ring is 1. The number of pyridine rings is 1. The summed E-state index contributed by atoms with van der Waals surface area (Å²) in [6.07, 6.45) is 2.98. The molecule has 2 aromatic rings. The topological polar surface area (TPSA) is 65.2 Å². The fourth-order valence-electron chi connectivity index (χ4n) is 1.99. The van der Waals surface area contributed by atoms with E-state index in [1.165, 1.54) is 7.11 Å². The monoisotopic (exact) mass is 270 g/mol. The SMILES string of the molecule is CCc1ccc(CC(=O)c2cccc(OC)c2N)nc1. The molecule has 0 unspecified atom stereocenters. The van der Waals surface area contributed by atoms with Gasteiger partial charge in [-0.1, -0.05) is 19.1 Å². The fourth-order valence-corrected chi connectivity index (χ4v) is 1.99. The Balaban J connectivity index is 2.19. The Bertz CT molecular complexity index is 606. The number of benzene rings is 1. The van der Waals surface area contributed by atoms with E-state index in [2.05, 4.69) is 11.9 Å². The summed E-state index contributed by atoms with van der Waals surface area (Å²) in [5.41, 5.74) is 8.68. The molecule has 0 spiro atoms. The highest BCUT2D eigenvalue weighted by Gasteiger charge is 2.14. The molecule has 0 bridgehead atoms. The Kier molecular flexibility index (Phi) is 4.35. The lowest BCUT2D eigenvalue weighted by molar-refractivity contribution is 0.0992. The third kappa shape index (κ3) is 2.96. The zero-order valence-corrected chi connectivity index (χ0v) is 11.7. The highest BCUT2D eigenvalue weighted by atomic mass is 16.5. The zero-order valence-electron chi connectivity index (χ0n) is 11.7. The van der Waals surface area contributed by atoms with Crippen LogP contribution in [-0.4, -0.2) is 17.9 Å². The standard InChI is InChI=1S/C16H18N2O2/c1-3-11-7-8-12(18-10-11)9-14(19)13-5-4-6-15(20-2)16(13)17/h4-8,10H,3,9,17H2,1-2H3. The van der Waals surface area contributed by atoms with Gasteiger partial charge >= 0.3 is 0 Å². The Morgan fingerprint density at radius 3 is 2.70 bits per heavy atom. The number of ketones is 1. The maximum atomic E-state index is 12.3. The maximum absolute atomic E-state index is 12.3. The second kappa shape index (κ2) is 6.19. The molecule has 0 saturated heterocycles. The van der Waals surface area contributed by atoms with Gasteiger partial charge in [-0.15, -0.1) is 0 Å². The van der Waals surface area contributed by atoms with Gasteiger partial charge in [0.2, 0.25) is 0 Å². The minimum Gasteiger partial charge on any atom is -0.495 e. The van der Waals surface area contributed by atoms with Crippen LogP contribution >= 0.6 is 0 Å². The second-order valence-electron chi connectivity index (χ2n) is 4.53. The molecule has 0 amide bonds. The Hall–Kier alpha value is -2.36. The molecule has 1 aromatic carbocycles. The molecule has 0 radical (unpaired) electrons. The number of hydrogen-bond donors (Lipinski definition) is 1. The molecule has 0 aliphatic heterocycles. The van der Waals surface area contributed by atoms with Crippen molar-refractivity contribution in [1.82, 2.24) is 4.98 Å². The number of nitrogens with zero attached hydrogens (tertiary/aromatic N) is 1. The van der Waals surface area contributed by atoms with Crippen LogP contribution < -0.4 is 10.5 Å². The third-order valence-corrected chi connectivity index (χ3v) is 3.22. The first-order chi connectivity index (χ1) is 9.65. The van der Waals surface area contributed by atoms with Crippen LogP contribution in [0.5, 0.6) is 5.75 Å². The average Bonchev–Trinajstić information content (AvgIpc) is 2.48. The van der Waals surface area contributed by atoms with Crippen molar-refractivity contribution in [3.05, 3.63) is 53.3 Å². The van der Waals surface area contributed by atoms with E-state index in [1.807, 2.05) is 12.1 Å². The Labute approximate surface area is 118 Å². The predicted octanol–water partition coefficient (Wildman–Crippen LogP) is 2.66. The van der Waals surface area contributed by atoms with Gasteiger partial charge in [-0.05, 0) is 30.2 Å². The van der Waals surface area contributed by atoms with E-state index in [0.717, 1.165) is 17.7 Å². The lowest BCUT2D eigenvalue weighted by atomic mass is 10.0. The van der Waals surface area contributed by atoms with E-state index in [-0.39, 0.29) is 12.2 Å². The van der Waals surface area contributed by atoms with Gasteiger partial charge in [-0.2, -0.15) is 0 Å². The molecule has 4 nitrogen and oxygen atoms in total. The van der Waals surface area contributed by atoms with E-state index in [1.54, 1.807) is 24.4 Å². The number of carbonyl (C=O) groups is 1. The number of carbonyl (C=O) groups excluding carboxylic acids is 1. The number of methoxy groups -OCH3 is 1. The number of aryl methyl sites for hydroxylation is 1.